The zero-order valence-corrected chi connectivity index (χ0v) is 8.82. The molecule has 0 aliphatic carbocycles. The summed E-state index contributed by atoms with van der Waals surface area (Å²) in [6.45, 7) is 6.98. The van der Waals surface area contributed by atoms with Crippen LogP contribution < -0.4 is 4.50 Å². The van der Waals surface area contributed by atoms with Crippen LogP contribution in [0.1, 0.15) is 11.8 Å². The number of rotatable bonds is 2. The van der Waals surface area contributed by atoms with Crippen LogP contribution in [0.15, 0.2) is 12.1 Å². The van der Waals surface area contributed by atoms with E-state index in [0.29, 0.717) is 0 Å². The van der Waals surface area contributed by atoms with Gasteiger partial charge in [-0.15, -0.1) is 0 Å². The first kappa shape index (κ1) is 8.02. The molecule has 0 nitrogen and oxygen atoms in total. The monoisotopic (exact) mass is 170 g/mol. The third kappa shape index (κ3) is 1.70. The van der Waals surface area contributed by atoms with Crippen molar-refractivity contribution >= 4 is 24.6 Å². The highest BCUT2D eigenvalue weighted by molar-refractivity contribution is 7.23. The number of thiophene rings is 1. The Labute approximate surface area is 68.5 Å². The molecule has 1 aromatic heterocycles. The number of hydrogen-bond donors (Lipinski definition) is 0. The molecule has 0 spiro atoms. The molecule has 0 atom stereocenters. The highest BCUT2D eigenvalue weighted by Crippen LogP contribution is 2.07. The molecule has 0 bridgehead atoms. The van der Waals surface area contributed by atoms with Crippen LogP contribution in [-0.2, 0) is 6.42 Å². The van der Waals surface area contributed by atoms with E-state index in [1.807, 2.05) is 11.3 Å². The minimum Gasteiger partial charge on any atom is -0.150 e. The average Bonchev–Trinajstić information content (AvgIpc) is 2.34. The predicted molar refractivity (Wildman–Crippen MR) is 52.2 cm³/mol. The van der Waals surface area contributed by atoms with Crippen LogP contribution in [0.4, 0.5) is 0 Å². The summed E-state index contributed by atoms with van der Waals surface area (Å²) in [5.41, 5.74) is 0. The van der Waals surface area contributed by atoms with Gasteiger partial charge >= 0.3 is 0 Å². The highest BCUT2D eigenvalue weighted by atomic mass is 32.1. The lowest BCUT2D eigenvalue weighted by Crippen LogP contribution is -2.17. The Bertz CT molecular complexity index is 203. The van der Waals surface area contributed by atoms with Gasteiger partial charge in [-0.2, -0.15) is 11.3 Å². The zero-order chi connectivity index (χ0) is 7.56. The van der Waals surface area contributed by atoms with Crippen molar-refractivity contribution in [3.63, 3.8) is 0 Å². The Balaban J connectivity index is 2.78. The molecule has 1 rings (SSSR count). The van der Waals surface area contributed by atoms with E-state index in [4.69, 9.17) is 0 Å². The van der Waals surface area contributed by atoms with E-state index in [9.17, 15) is 0 Å². The predicted octanol–water partition coefficient (Wildman–Crippen LogP) is 2.00. The number of aryl methyl sites for hydroxylation is 1. The Morgan fingerprint density at radius 3 is 2.40 bits per heavy atom. The average molecular weight is 170 g/mol. The molecule has 0 aromatic carbocycles. The van der Waals surface area contributed by atoms with E-state index in [1.165, 1.54) is 11.3 Å². The smallest absolute Gasteiger partial charge is 0.0775 e. The van der Waals surface area contributed by atoms with Crippen molar-refractivity contribution in [3.05, 3.63) is 17.0 Å². The molecule has 0 saturated heterocycles. The molecule has 1 aromatic rings. The van der Waals surface area contributed by atoms with Gasteiger partial charge in [0.25, 0.3) is 0 Å². The fourth-order valence-electron chi connectivity index (χ4n) is 0.895. The molecule has 0 aliphatic heterocycles. The maximum Gasteiger partial charge on any atom is 0.0775 e. The molecule has 0 radical (unpaired) electrons. The third-order valence-electron chi connectivity index (χ3n) is 1.60. The van der Waals surface area contributed by atoms with Gasteiger partial charge in [0.05, 0.1) is 8.80 Å². The molecule has 2 heteroatoms. The van der Waals surface area contributed by atoms with Gasteiger partial charge in [0.2, 0.25) is 0 Å². The third-order valence-corrected chi connectivity index (χ3v) is 5.76. The topological polar surface area (TPSA) is 0 Å². The van der Waals surface area contributed by atoms with Crippen molar-refractivity contribution in [1.82, 2.24) is 0 Å². The van der Waals surface area contributed by atoms with Crippen LogP contribution in [0.2, 0.25) is 13.1 Å². The minimum atomic E-state index is -0.503. The Hall–Kier alpha value is -0.0831. The van der Waals surface area contributed by atoms with E-state index in [-0.39, 0.29) is 0 Å². The fraction of sp³-hybridized carbons (Fsp3) is 0.500. The molecule has 1 heterocycles. The fourth-order valence-corrected chi connectivity index (χ4v) is 3.49. The molecule has 0 fully saturated rings. The summed E-state index contributed by atoms with van der Waals surface area (Å²) >= 11 is 2.00. The minimum absolute atomic E-state index is 0.503. The molecule has 0 aliphatic rings. The van der Waals surface area contributed by atoms with Crippen molar-refractivity contribution in [3.8, 4) is 0 Å². The first-order chi connectivity index (χ1) is 4.74. The first-order valence-electron chi connectivity index (χ1n) is 3.82. The van der Waals surface area contributed by atoms with Crippen LogP contribution in [0, 0.1) is 0 Å². The summed E-state index contributed by atoms with van der Waals surface area (Å²) in [5, 5.41) is 0. The molecular weight excluding hydrogens is 156 g/mol. The van der Waals surface area contributed by atoms with Crippen molar-refractivity contribution in [2.45, 2.75) is 26.4 Å². The summed E-state index contributed by atoms with van der Waals surface area (Å²) in [7, 11) is -0.503. The van der Waals surface area contributed by atoms with Crippen LogP contribution in [0.5, 0.6) is 0 Å². The largest absolute Gasteiger partial charge is 0.150 e. The second-order valence-electron chi connectivity index (χ2n) is 2.81. The molecule has 56 valence electrons. The van der Waals surface area contributed by atoms with Gasteiger partial charge in [0.15, 0.2) is 0 Å². The summed E-state index contributed by atoms with van der Waals surface area (Å²) in [4.78, 5) is 1.54. The van der Waals surface area contributed by atoms with Crippen molar-refractivity contribution in [1.29, 1.82) is 0 Å². The van der Waals surface area contributed by atoms with Gasteiger partial charge in [-0.3, -0.25) is 0 Å². The van der Waals surface area contributed by atoms with E-state index in [2.05, 4.69) is 32.2 Å². The standard InChI is InChI=1S/C8H14SSi/c1-4-7-5-6-8(9-7)10(2)3/h5-6,10H,4H2,1-3H3. The highest BCUT2D eigenvalue weighted by Gasteiger charge is 2.02. The van der Waals surface area contributed by atoms with Crippen LogP contribution in [0.3, 0.4) is 0 Å². The van der Waals surface area contributed by atoms with Crippen LogP contribution >= 0.6 is 11.3 Å². The Kier molecular flexibility index (Phi) is 2.69. The summed E-state index contributed by atoms with van der Waals surface area (Å²) in [5.74, 6) is 0. The van der Waals surface area contributed by atoms with E-state index < -0.39 is 8.80 Å². The van der Waals surface area contributed by atoms with Gasteiger partial charge in [-0.05, 0) is 17.0 Å². The Morgan fingerprint density at radius 2 is 2.10 bits per heavy atom. The van der Waals surface area contributed by atoms with Crippen molar-refractivity contribution in [2.75, 3.05) is 0 Å². The SMILES string of the molecule is CCc1ccc([SiH](C)C)s1. The first-order valence-corrected chi connectivity index (χ1v) is 7.53. The summed E-state index contributed by atoms with van der Waals surface area (Å²) < 4.78 is 1.65. The van der Waals surface area contributed by atoms with Gasteiger partial charge < -0.3 is 0 Å². The lowest BCUT2D eigenvalue weighted by molar-refractivity contribution is 1.19. The molecule has 0 saturated carbocycles. The van der Waals surface area contributed by atoms with Gasteiger partial charge in [-0.25, -0.2) is 0 Å². The van der Waals surface area contributed by atoms with Crippen molar-refractivity contribution in [2.24, 2.45) is 0 Å². The van der Waals surface area contributed by atoms with Gasteiger partial charge in [0, 0.05) is 4.88 Å². The van der Waals surface area contributed by atoms with Gasteiger partial charge in [-0.1, -0.05) is 26.1 Å². The Morgan fingerprint density at radius 1 is 1.40 bits per heavy atom. The second kappa shape index (κ2) is 3.35. The summed E-state index contributed by atoms with van der Waals surface area (Å²) in [6.07, 6.45) is 1.20. The zero-order valence-electron chi connectivity index (χ0n) is 6.85. The second-order valence-corrected chi connectivity index (χ2v) is 7.36. The molecule has 10 heavy (non-hydrogen) atoms. The number of hydrogen-bond acceptors (Lipinski definition) is 1. The normalized spacial score (nSPS) is 10.8. The molecular formula is C8H14SSi. The molecule has 0 unspecified atom stereocenters. The van der Waals surface area contributed by atoms with Gasteiger partial charge in [0.1, 0.15) is 0 Å². The quantitative estimate of drug-likeness (QED) is 0.596. The molecule has 0 amide bonds. The van der Waals surface area contributed by atoms with E-state index in [0.717, 1.165) is 0 Å². The lowest BCUT2D eigenvalue weighted by atomic mass is 10.4. The van der Waals surface area contributed by atoms with E-state index >= 15 is 0 Å². The maximum atomic E-state index is 2.38. The summed E-state index contributed by atoms with van der Waals surface area (Å²) in [6, 6.07) is 4.58. The van der Waals surface area contributed by atoms with Crippen molar-refractivity contribution < 1.29 is 0 Å². The van der Waals surface area contributed by atoms with Crippen LogP contribution in [-0.4, -0.2) is 8.80 Å². The molecule has 0 N–H and O–H groups in total. The lowest BCUT2D eigenvalue weighted by Gasteiger charge is -1.94. The van der Waals surface area contributed by atoms with E-state index in [1.54, 1.807) is 4.50 Å². The maximum absolute atomic E-state index is 2.38. The van der Waals surface area contributed by atoms with Crippen LogP contribution in [0.25, 0.3) is 0 Å².